The van der Waals surface area contributed by atoms with E-state index in [1.54, 1.807) is 36.1 Å². The van der Waals surface area contributed by atoms with Crippen LogP contribution in [-0.2, 0) is 17.9 Å². The molecule has 3 aromatic rings. The first-order valence-electron chi connectivity index (χ1n) is 12.5. The number of likely N-dealkylation sites (N-methyl/N-ethyl adjacent to an activating group) is 1. The molecule has 0 bridgehead atoms. The number of nitrogens with one attached hydrogen (secondary N) is 1. The molecule has 0 spiro atoms. The lowest BCUT2D eigenvalue weighted by molar-refractivity contribution is -0.116. The number of ether oxygens (including phenoxy) is 1. The Labute approximate surface area is 236 Å². The van der Waals surface area contributed by atoms with Gasteiger partial charge in [-0.05, 0) is 60.3 Å². The van der Waals surface area contributed by atoms with Crippen LogP contribution in [0.25, 0.3) is 0 Å². The van der Waals surface area contributed by atoms with Crippen LogP contribution in [0.1, 0.15) is 29.8 Å². The summed E-state index contributed by atoms with van der Waals surface area (Å²) in [6.07, 6.45) is 1.07. The summed E-state index contributed by atoms with van der Waals surface area (Å²) in [7, 11) is 1.99. The minimum atomic E-state index is -0.404. The number of aliphatic hydroxyl groups excluding tert-OH is 1. The van der Waals surface area contributed by atoms with Gasteiger partial charge in [0.25, 0.3) is 5.91 Å². The first-order chi connectivity index (χ1) is 18.6. The lowest BCUT2D eigenvalue weighted by atomic mass is 9.99. The number of benzene rings is 2. The number of aliphatic hydroxyl groups is 1. The third kappa shape index (κ3) is 7.24. The van der Waals surface area contributed by atoms with Crippen molar-refractivity contribution in [2.24, 2.45) is 5.92 Å². The molecule has 1 aromatic heterocycles. The summed E-state index contributed by atoms with van der Waals surface area (Å²) in [6, 6.07) is 10.1. The SMILES string of the molecule is C[C@H](CO)N1C[C@H](C)[C@@H](CN(C)Cc2ccc(Cl)c(Cl)c2)Oc2ccc(NC(=O)Cn3cnnn3)cc2C1=O. The zero-order valence-corrected chi connectivity index (χ0v) is 23.4. The highest BCUT2D eigenvalue weighted by Crippen LogP contribution is 2.31. The molecule has 0 radical (unpaired) electrons. The van der Waals surface area contributed by atoms with Crippen LogP contribution in [0.15, 0.2) is 42.7 Å². The van der Waals surface area contributed by atoms with Gasteiger partial charge >= 0.3 is 0 Å². The van der Waals surface area contributed by atoms with Crippen molar-refractivity contribution in [2.75, 3.05) is 32.1 Å². The van der Waals surface area contributed by atoms with E-state index in [0.29, 0.717) is 46.7 Å². The Balaban J connectivity index is 1.56. The quantitative estimate of drug-likeness (QED) is 0.399. The molecular weight excluding hydrogens is 545 g/mol. The summed E-state index contributed by atoms with van der Waals surface area (Å²) >= 11 is 12.3. The monoisotopic (exact) mass is 575 g/mol. The molecule has 0 unspecified atom stereocenters. The fourth-order valence-electron chi connectivity index (χ4n) is 4.44. The minimum absolute atomic E-state index is 0.0389. The maximum Gasteiger partial charge on any atom is 0.258 e. The molecule has 0 aliphatic carbocycles. The highest BCUT2D eigenvalue weighted by atomic mass is 35.5. The van der Waals surface area contributed by atoms with E-state index in [0.717, 1.165) is 5.56 Å². The lowest BCUT2D eigenvalue weighted by Gasteiger charge is -2.38. The predicted molar refractivity (Wildman–Crippen MR) is 147 cm³/mol. The second-order valence-corrected chi connectivity index (χ2v) is 10.6. The Kier molecular flexibility index (Phi) is 9.39. The van der Waals surface area contributed by atoms with E-state index in [4.69, 9.17) is 27.9 Å². The van der Waals surface area contributed by atoms with Crippen LogP contribution >= 0.6 is 23.2 Å². The van der Waals surface area contributed by atoms with Crippen LogP contribution in [0.4, 0.5) is 5.69 Å². The van der Waals surface area contributed by atoms with E-state index in [9.17, 15) is 14.7 Å². The van der Waals surface area contributed by atoms with Crippen LogP contribution < -0.4 is 10.1 Å². The van der Waals surface area contributed by atoms with Gasteiger partial charge in [0.15, 0.2) is 0 Å². The summed E-state index contributed by atoms with van der Waals surface area (Å²) < 4.78 is 7.73. The van der Waals surface area contributed by atoms with Crippen LogP contribution in [0, 0.1) is 5.92 Å². The van der Waals surface area contributed by atoms with Crippen LogP contribution in [0.5, 0.6) is 5.75 Å². The third-order valence-corrected chi connectivity index (χ3v) is 7.31. The van der Waals surface area contributed by atoms with Gasteiger partial charge in [0, 0.05) is 31.2 Å². The van der Waals surface area contributed by atoms with Crippen molar-refractivity contribution in [3.05, 3.63) is 63.9 Å². The molecule has 1 aliphatic heterocycles. The Morgan fingerprint density at radius 1 is 1.26 bits per heavy atom. The number of anilines is 1. The first-order valence-corrected chi connectivity index (χ1v) is 13.3. The van der Waals surface area contributed by atoms with Crippen molar-refractivity contribution in [3.63, 3.8) is 0 Å². The first kappa shape index (κ1) is 28.8. The Morgan fingerprint density at radius 2 is 2.05 bits per heavy atom. The van der Waals surface area contributed by atoms with Crippen molar-refractivity contribution in [1.82, 2.24) is 30.0 Å². The number of carbonyl (C=O) groups excluding carboxylic acids is 2. The molecule has 3 atom stereocenters. The van der Waals surface area contributed by atoms with Crippen molar-refractivity contribution in [2.45, 2.75) is 39.1 Å². The number of nitrogens with zero attached hydrogens (tertiary/aromatic N) is 6. The standard InChI is InChI=1S/C26H31Cl2N7O4/c1-16-10-35(17(2)14-36)26(38)20-9-19(30-25(37)13-34-15-29-31-32-34)5-7-23(20)39-24(16)12-33(3)11-18-4-6-21(27)22(28)8-18/h4-9,15-17,24,36H,10-14H2,1-3H3,(H,30,37)/t16-,17+,24+/m0/s1. The second kappa shape index (κ2) is 12.7. The smallest absolute Gasteiger partial charge is 0.258 e. The van der Waals surface area contributed by atoms with E-state index >= 15 is 0 Å². The van der Waals surface area contributed by atoms with Gasteiger partial charge in [-0.25, -0.2) is 4.68 Å². The molecule has 2 aromatic carbocycles. The molecule has 13 heteroatoms. The molecular formula is C26H31Cl2N7O4. The van der Waals surface area contributed by atoms with Gasteiger partial charge in [-0.15, -0.1) is 5.10 Å². The van der Waals surface area contributed by atoms with Gasteiger partial charge in [0.2, 0.25) is 5.91 Å². The zero-order chi connectivity index (χ0) is 28.1. The number of carbonyl (C=O) groups is 2. The van der Waals surface area contributed by atoms with Crippen molar-refractivity contribution >= 4 is 40.7 Å². The number of aromatic nitrogens is 4. The summed E-state index contributed by atoms with van der Waals surface area (Å²) in [5.41, 5.74) is 1.75. The Hall–Kier alpha value is -3.25. The predicted octanol–water partition coefficient (Wildman–Crippen LogP) is 2.97. The number of rotatable bonds is 9. The summed E-state index contributed by atoms with van der Waals surface area (Å²) in [4.78, 5) is 29.9. The van der Waals surface area contributed by atoms with Gasteiger partial charge in [-0.3, -0.25) is 14.5 Å². The number of hydrogen-bond donors (Lipinski definition) is 2. The maximum atomic E-state index is 13.6. The third-order valence-electron chi connectivity index (χ3n) is 6.57. The van der Waals surface area contributed by atoms with Gasteiger partial charge in [-0.2, -0.15) is 0 Å². The molecule has 39 heavy (non-hydrogen) atoms. The molecule has 2 heterocycles. The van der Waals surface area contributed by atoms with Gasteiger partial charge in [0.1, 0.15) is 24.7 Å². The van der Waals surface area contributed by atoms with Gasteiger partial charge < -0.3 is 20.1 Å². The van der Waals surface area contributed by atoms with E-state index in [1.807, 2.05) is 26.1 Å². The maximum absolute atomic E-state index is 13.6. The van der Waals surface area contributed by atoms with Crippen molar-refractivity contribution < 1.29 is 19.4 Å². The molecule has 0 saturated carbocycles. The second-order valence-electron chi connectivity index (χ2n) is 9.83. The highest BCUT2D eigenvalue weighted by Gasteiger charge is 2.33. The molecule has 0 fully saturated rings. The number of amides is 2. The number of halogens is 2. The Morgan fingerprint density at radius 3 is 2.74 bits per heavy atom. The molecule has 2 amide bonds. The number of hydrogen-bond acceptors (Lipinski definition) is 8. The van der Waals surface area contributed by atoms with Gasteiger partial charge in [0.05, 0.1) is 28.3 Å². The van der Waals surface area contributed by atoms with Crippen molar-refractivity contribution in [3.8, 4) is 5.75 Å². The van der Waals surface area contributed by atoms with E-state index in [2.05, 4.69) is 25.7 Å². The Bertz CT molecular complexity index is 1310. The van der Waals surface area contributed by atoms with E-state index in [-0.39, 0.29) is 37.0 Å². The topological polar surface area (TPSA) is 126 Å². The highest BCUT2D eigenvalue weighted by molar-refractivity contribution is 6.42. The summed E-state index contributed by atoms with van der Waals surface area (Å²) in [5, 5.41) is 24.4. The average molecular weight is 576 g/mol. The molecule has 2 N–H and O–H groups in total. The summed E-state index contributed by atoms with van der Waals surface area (Å²) in [6.45, 7) is 5.16. The minimum Gasteiger partial charge on any atom is -0.488 e. The zero-order valence-electron chi connectivity index (χ0n) is 21.9. The van der Waals surface area contributed by atoms with Crippen LogP contribution in [0.3, 0.4) is 0 Å². The molecule has 11 nitrogen and oxygen atoms in total. The lowest BCUT2D eigenvalue weighted by Crippen LogP contribution is -2.49. The number of tetrazole rings is 1. The molecule has 1 aliphatic rings. The summed E-state index contributed by atoms with van der Waals surface area (Å²) in [5.74, 6) is -0.258. The fourth-order valence-corrected chi connectivity index (χ4v) is 4.76. The van der Waals surface area contributed by atoms with Crippen LogP contribution in [0.2, 0.25) is 10.0 Å². The fraction of sp³-hybridized carbons (Fsp3) is 0.423. The van der Waals surface area contributed by atoms with E-state index < -0.39 is 6.04 Å². The van der Waals surface area contributed by atoms with Gasteiger partial charge in [-0.1, -0.05) is 36.2 Å². The molecule has 4 rings (SSSR count). The molecule has 0 saturated heterocycles. The normalized spacial score (nSPS) is 18.2. The largest absolute Gasteiger partial charge is 0.488 e. The van der Waals surface area contributed by atoms with Crippen molar-refractivity contribution in [1.29, 1.82) is 0 Å². The van der Waals surface area contributed by atoms with E-state index in [1.165, 1.54) is 11.0 Å². The van der Waals surface area contributed by atoms with Crippen LogP contribution in [-0.4, -0.2) is 85.8 Å². The molecule has 208 valence electrons. The average Bonchev–Trinajstić information content (AvgIpc) is 3.41. The number of fused-ring (bicyclic) bond motifs is 1.